The zero-order valence-corrected chi connectivity index (χ0v) is 18.2. The molecule has 2 heterocycles. The number of nitrogens with zero attached hydrogens (tertiary/aromatic N) is 5. The number of imidazole rings is 1. The molecular formula is C24H26N6O2. The van der Waals surface area contributed by atoms with Gasteiger partial charge in [0.2, 0.25) is 5.95 Å². The van der Waals surface area contributed by atoms with Crippen LogP contribution in [0.2, 0.25) is 0 Å². The number of anilines is 2. The largest absolute Gasteiger partial charge is 0.390 e. The first-order valence-electron chi connectivity index (χ1n) is 11.3. The Morgan fingerprint density at radius 1 is 1.25 bits per heavy atom. The highest BCUT2D eigenvalue weighted by molar-refractivity contribution is 5.73. The molecule has 0 amide bonds. The summed E-state index contributed by atoms with van der Waals surface area (Å²) in [7, 11) is 1.77. The Kier molecular flexibility index (Phi) is 4.06. The highest BCUT2D eigenvalue weighted by atomic mass is 16.3. The summed E-state index contributed by atoms with van der Waals surface area (Å²) in [5.74, 6) is 1.62. The van der Waals surface area contributed by atoms with Crippen LogP contribution in [-0.2, 0) is 7.05 Å². The number of aliphatic hydroxyl groups is 1. The normalized spacial score (nSPS) is 30.6. The quantitative estimate of drug-likeness (QED) is 0.616. The highest BCUT2D eigenvalue weighted by Crippen LogP contribution is 2.59. The Morgan fingerprint density at radius 2 is 2.00 bits per heavy atom. The molecule has 0 aliphatic heterocycles. The second kappa shape index (κ2) is 6.66. The van der Waals surface area contributed by atoms with Gasteiger partial charge in [0.25, 0.3) is 0 Å². The minimum atomic E-state index is -0.544. The molecule has 32 heavy (non-hydrogen) atoms. The van der Waals surface area contributed by atoms with Crippen LogP contribution in [0.3, 0.4) is 0 Å². The molecule has 2 aromatic heterocycles. The van der Waals surface area contributed by atoms with E-state index in [4.69, 9.17) is 11.6 Å². The molecule has 1 aromatic carbocycles. The third kappa shape index (κ3) is 2.81. The van der Waals surface area contributed by atoms with E-state index in [1.807, 2.05) is 23.6 Å². The van der Waals surface area contributed by atoms with Crippen molar-refractivity contribution in [2.24, 2.45) is 24.8 Å². The molecule has 8 nitrogen and oxygen atoms in total. The Balaban J connectivity index is 1.42. The molecule has 3 aromatic rings. The van der Waals surface area contributed by atoms with E-state index < -0.39 is 5.60 Å². The molecule has 4 aliphatic carbocycles. The number of hydrogen-bond donors (Lipinski definition) is 2. The Morgan fingerprint density at radius 3 is 2.66 bits per heavy atom. The summed E-state index contributed by atoms with van der Waals surface area (Å²) in [5.41, 5.74) is 3.11. The van der Waals surface area contributed by atoms with Gasteiger partial charge < -0.3 is 10.4 Å². The number of hydrogen-bond acceptors (Lipinski definition) is 5. The van der Waals surface area contributed by atoms with Gasteiger partial charge in [-0.25, -0.2) is 14.6 Å². The van der Waals surface area contributed by atoms with Gasteiger partial charge in [0, 0.05) is 18.8 Å². The van der Waals surface area contributed by atoms with Crippen LogP contribution in [0.1, 0.15) is 43.7 Å². The van der Waals surface area contributed by atoms with E-state index in [1.54, 1.807) is 23.9 Å². The lowest BCUT2D eigenvalue weighted by Gasteiger charge is -2.58. The van der Waals surface area contributed by atoms with Crippen LogP contribution in [-0.4, -0.2) is 29.8 Å². The first-order chi connectivity index (χ1) is 15.3. The van der Waals surface area contributed by atoms with Crippen LogP contribution in [0.25, 0.3) is 16.0 Å². The van der Waals surface area contributed by atoms with E-state index in [-0.39, 0.29) is 11.7 Å². The van der Waals surface area contributed by atoms with Crippen LogP contribution < -0.4 is 11.0 Å². The van der Waals surface area contributed by atoms with E-state index in [9.17, 15) is 9.90 Å². The maximum absolute atomic E-state index is 13.3. The summed E-state index contributed by atoms with van der Waals surface area (Å²) in [6.45, 7) is 9.11. The van der Waals surface area contributed by atoms with Crippen molar-refractivity contribution >= 4 is 28.5 Å². The number of benzene rings is 1. The molecule has 0 saturated heterocycles. The predicted octanol–water partition coefficient (Wildman–Crippen LogP) is 3.84. The predicted molar refractivity (Wildman–Crippen MR) is 121 cm³/mol. The molecule has 4 fully saturated rings. The molecular weight excluding hydrogens is 404 g/mol. The molecule has 2 atom stereocenters. The molecule has 2 unspecified atom stereocenters. The second-order valence-corrected chi connectivity index (χ2v) is 10.0. The highest BCUT2D eigenvalue weighted by Gasteiger charge is 2.56. The van der Waals surface area contributed by atoms with Gasteiger partial charge in [0.05, 0.1) is 18.4 Å². The zero-order valence-electron chi connectivity index (χ0n) is 18.2. The molecule has 4 saturated carbocycles. The van der Waals surface area contributed by atoms with Gasteiger partial charge in [-0.1, -0.05) is 12.1 Å². The minimum absolute atomic E-state index is 0.0616. The van der Waals surface area contributed by atoms with Crippen molar-refractivity contribution in [2.45, 2.75) is 50.7 Å². The van der Waals surface area contributed by atoms with Gasteiger partial charge in [0.1, 0.15) is 5.52 Å². The molecule has 164 valence electrons. The zero-order chi connectivity index (χ0) is 22.2. The topological polar surface area (TPSA) is 89.3 Å². The fraction of sp³-hybridized carbons (Fsp3) is 0.500. The number of aromatic nitrogens is 4. The van der Waals surface area contributed by atoms with E-state index >= 15 is 0 Å². The van der Waals surface area contributed by atoms with Crippen molar-refractivity contribution in [3.8, 4) is 0 Å². The Hall–Kier alpha value is -3.18. The van der Waals surface area contributed by atoms with E-state index in [0.717, 1.165) is 43.4 Å². The van der Waals surface area contributed by atoms with Crippen LogP contribution in [0.15, 0.2) is 29.2 Å². The lowest BCUT2D eigenvalue weighted by atomic mass is 9.52. The van der Waals surface area contributed by atoms with Gasteiger partial charge in [0.15, 0.2) is 11.3 Å². The van der Waals surface area contributed by atoms with Crippen molar-refractivity contribution in [3.05, 3.63) is 51.9 Å². The molecule has 8 heteroatoms. The third-order valence-electron chi connectivity index (χ3n) is 7.91. The first kappa shape index (κ1) is 19.5. The molecule has 7 rings (SSSR count). The smallest absolute Gasteiger partial charge is 0.330 e. The fourth-order valence-corrected chi connectivity index (χ4v) is 6.82. The van der Waals surface area contributed by atoms with E-state index in [1.165, 1.54) is 0 Å². The Bertz CT molecular complexity index is 1330. The van der Waals surface area contributed by atoms with Crippen molar-refractivity contribution in [1.82, 2.24) is 19.1 Å². The van der Waals surface area contributed by atoms with Crippen molar-refractivity contribution in [2.75, 3.05) is 5.32 Å². The average molecular weight is 431 g/mol. The first-order valence-corrected chi connectivity index (χ1v) is 11.3. The van der Waals surface area contributed by atoms with Crippen molar-refractivity contribution in [3.63, 3.8) is 0 Å². The molecule has 0 spiro atoms. The third-order valence-corrected chi connectivity index (χ3v) is 7.91. The number of nitrogens with one attached hydrogen (secondary N) is 1. The maximum atomic E-state index is 13.3. The van der Waals surface area contributed by atoms with Crippen molar-refractivity contribution in [1.29, 1.82) is 0 Å². The summed E-state index contributed by atoms with van der Waals surface area (Å²) >= 11 is 0. The summed E-state index contributed by atoms with van der Waals surface area (Å²) in [4.78, 5) is 26.0. The number of rotatable bonds is 3. The minimum Gasteiger partial charge on any atom is -0.390 e. The SMILES string of the molecule is [C-]#[N+]c1ccc(Nc2ncc3c(n2)n(C2C4CC5CC2CC(O)(C5)C4)c(=O)n3C)c(C)c1. The fourth-order valence-electron chi connectivity index (χ4n) is 6.82. The second-order valence-electron chi connectivity index (χ2n) is 10.0. The van der Waals surface area contributed by atoms with Gasteiger partial charge in [-0.3, -0.25) is 9.13 Å². The number of fused-ring (bicyclic) bond motifs is 1. The van der Waals surface area contributed by atoms with E-state index in [0.29, 0.717) is 40.6 Å². The van der Waals surface area contributed by atoms with Crippen LogP contribution >= 0.6 is 0 Å². The lowest BCUT2D eigenvalue weighted by molar-refractivity contribution is -0.146. The molecule has 4 aliphatic rings. The Labute approximate surface area is 185 Å². The van der Waals surface area contributed by atoms with Crippen LogP contribution in [0.5, 0.6) is 0 Å². The van der Waals surface area contributed by atoms with Gasteiger partial charge >= 0.3 is 5.69 Å². The summed E-state index contributed by atoms with van der Waals surface area (Å²) in [6.07, 6.45) is 6.32. The van der Waals surface area contributed by atoms with Gasteiger partial charge in [-0.15, -0.1) is 0 Å². The van der Waals surface area contributed by atoms with Crippen LogP contribution in [0.4, 0.5) is 17.3 Å². The molecule has 0 radical (unpaired) electrons. The molecule has 4 bridgehead atoms. The maximum Gasteiger partial charge on any atom is 0.330 e. The standard InChI is InChI=1S/C24H26N6O2/c1-13-6-17(25-2)4-5-18(13)27-22-26-12-19-21(28-22)30(23(31)29(19)3)20-15-7-14-8-16(20)11-24(32,9-14)10-15/h4-6,12,14-16,20,32H,7-11H2,1,3H3,(H,26,27,28). The van der Waals surface area contributed by atoms with Crippen LogP contribution in [0, 0.1) is 31.2 Å². The van der Waals surface area contributed by atoms with E-state index in [2.05, 4.69) is 15.1 Å². The molecule has 2 N–H and O–H groups in total. The summed E-state index contributed by atoms with van der Waals surface area (Å²) < 4.78 is 3.52. The summed E-state index contributed by atoms with van der Waals surface area (Å²) in [6, 6.07) is 5.52. The van der Waals surface area contributed by atoms with Crippen molar-refractivity contribution < 1.29 is 5.11 Å². The average Bonchev–Trinajstić information content (AvgIpc) is 2.98. The summed E-state index contributed by atoms with van der Waals surface area (Å²) in [5, 5.41) is 14.2. The lowest BCUT2D eigenvalue weighted by Crippen LogP contribution is -2.56. The monoisotopic (exact) mass is 430 g/mol. The number of aryl methyl sites for hydroxylation is 2. The van der Waals surface area contributed by atoms with Gasteiger partial charge in [-0.05, 0) is 68.4 Å². The van der Waals surface area contributed by atoms with Gasteiger partial charge in [-0.2, -0.15) is 4.98 Å².